The number of amides is 1. The summed E-state index contributed by atoms with van der Waals surface area (Å²) in [6.07, 6.45) is 1.38. The van der Waals surface area contributed by atoms with Crippen LogP contribution in [0.1, 0.15) is 30.9 Å². The van der Waals surface area contributed by atoms with Gasteiger partial charge in [-0.25, -0.2) is 4.99 Å². The standard InChI is InChI=1S/C21H28N4O/c1-4-9-20(26)24-19-13-8-12-18(14-19)16-23-21(25(2)3)22-15-17-10-6-5-7-11-17/h5-8,10-14H,4,9,15-16H2,1-3H3,(H,22,23)(H,24,26). The Morgan fingerprint density at radius 1 is 1.04 bits per heavy atom. The molecule has 26 heavy (non-hydrogen) atoms. The lowest BCUT2D eigenvalue weighted by Crippen LogP contribution is -2.36. The molecule has 2 rings (SSSR count). The lowest BCUT2D eigenvalue weighted by Gasteiger charge is -2.18. The Hall–Kier alpha value is -2.82. The first-order valence-corrected chi connectivity index (χ1v) is 8.97. The summed E-state index contributed by atoms with van der Waals surface area (Å²) in [6, 6.07) is 18.1. The second-order valence-corrected chi connectivity index (χ2v) is 6.37. The van der Waals surface area contributed by atoms with Crippen LogP contribution in [0.15, 0.2) is 59.6 Å². The van der Waals surface area contributed by atoms with Gasteiger partial charge in [0, 0.05) is 32.7 Å². The molecule has 0 aliphatic rings. The molecule has 2 aromatic rings. The van der Waals surface area contributed by atoms with Crippen molar-refractivity contribution in [1.82, 2.24) is 10.2 Å². The summed E-state index contributed by atoms with van der Waals surface area (Å²) in [5, 5.41) is 6.30. The number of anilines is 1. The van der Waals surface area contributed by atoms with Gasteiger partial charge in [-0.3, -0.25) is 4.79 Å². The van der Waals surface area contributed by atoms with Crippen molar-refractivity contribution in [2.45, 2.75) is 32.9 Å². The number of carbonyl (C=O) groups is 1. The minimum absolute atomic E-state index is 0.0478. The predicted octanol–water partition coefficient (Wildman–Crippen LogP) is 3.63. The first kappa shape index (κ1) is 19.5. The number of nitrogens with one attached hydrogen (secondary N) is 2. The molecule has 0 saturated carbocycles. The van der Waals surface area contributed by atoms with E-state index in [1.54, 1.807) is 0 Å². The number of hydrogen-bond donors (Lipinski definition) is 2. The van der Waals surface area contributed by atoms with Crippen LogP contribution < -0.4 is 10.6 Å². The monoisotopic (exact) mass is 352 g/mol. The summed E-state index contributed by atoms with van der Waals surface area (Å²) >= 11 is 0. The molecule has 2 aromatic carbocycles. The van der Waals surface area contributed by atoms with Crippen LogP contribution in [0.25, 0.3) is 0 Å². The zero-order chi connectivity index (χ0) is 18.8. The van der Waals surface area contributed by atoms with Crippen LogP contribution in [0.2, 0.25) is 0 Å². The van der Waals surface area contributed by atoms with E-state index >= 15 is 0 Å². The van der Waals surface area contributed by atoms with Crippen LogP contribution in [0.3, 0.4) is 0 Å². The van der Waals surface area contributed by atoms with Crippen molar-refractivity contribution in [2.75, 3.05) is 19.4 Å². The van der Waals surface area contributed by atoms with E-state index in [1.807, 2.05) is 68.4 Å². The second-order valence-electron chi connectivity index (χ2n) is 6.37. The van der Waals surface area contributed by atoms with Crippen molar-refractivity contribution >= 4 is 17.6 Å². The summed E-state index contributed by atoms with van der Waals surface area (Å²) in [5.41, 5.74) is 3.09. The molecule has 0 saturated heterocycles. The molecule has 0 bridgehead atoms. The lowest BCUT2D eigenvalue weighted by molar-refractivity contribution is -0.116. The molecule has 2 N–H and O–H groups in total. The third kappa shape index (κ3) is 6.59. The van der Waals surface area contributed by atoms with Crippen LogP contribution >= 0.6 is 0 Å². The predicted molar refractivity (Wildman–Crippen MR) is 108 cm³/mol. The fourth-order valence-corrected chi connectivity index (χ4v) is 2.50. The highest BCUT2D eigenvalue weighted by Gasteiger charge is 2.04. The quantitative estimate of drug-likeness (QED) is 0.591. The molecule has 0 atom stereocenters. The number of rotatable bonds is 7. The topological polar surface area (TPSA) is 56.7 Å². The van der Waals surface area contributed by atoms with Gasteiger partial charge in [0.2, 0.25) is 5.91 Å². The van der Waals surface area contributed by atoms with Crippen LogP contribution in [-0.2, 0) is 17.9 Å². The first-order chi connectivity index (χ1) is 12.6. The molecule has 138 valence electrons. The summed E-state index contributed by atoms with van der Waals surface area (Å²) in [6.45, 7) is 3.27. The van der Waals surface area contributed by atoms with Crippen LogP contribution in [0.4, 0.5) is 5.69 Å². The van der Waals surface area contributed by atoms with Crippen molar-refractivity contribution in [2.24, 2.45) is 4.99 Å². The molecule has 0 aliphatic heterocycles. The Labute approximate surface area is 156 Å². The highest BCUT2D eigenvalue weighted by Crippen LogP contribution is 2.12. The smallest absolute Gasteiger partial charge is 0.224 e. The van der Waals surface area contributed by atoms with E-state index in [2.05, 4.69) is 27.8 Å². The maximum Gasteiger partial charge on any atom is 0.224 e. The molecule has 1 amide bonds. The van der Waals surface area contributed by atoms with Crippen LogP contribution in [0, 0.1) is 0 Å². The largest absolute Gasteiger partial charge is 0.352 e. The minimum Gasteiger partial charge on any atom is -0.352 e. The maximum atomic E-state index is 11.7. The van der Waals surface area contributed by atoms with E-state index < -0.39 is 0 Å². The van der Waals surface area contributed by atoms with Gasteiger partial charge in [-0.1, -0.05) is 49.4 Å². The molecule has 0 aromatic heterocycles. The van der Waals surface area contributed by atoms with Crippen LogP contribution in [0.5, 0.6) is 0 Å². The number of guanidine groups is 1. The minimum atomic E-state index is 0.0478. The Balaban J connectivity index is 1.99. The normalized spacial score (nSPS) is 11.1. The van der Waals surface area contributed by atoms with E-state index in [9.17, 15) is 4.79 Å². The molecule has 0 unspecified atom stereocenters. The lowest BCUT2D eigenvalue weighted by atomic mass is 10.2. The van der Waals surface area contributed by atoms with Crippen molar-refractivity contribution in [3.05, 3.63) is 65.7 Å². The third-order valence-electron chi connectivity index (χ3n) is 3.82. The SMILES string of the molecule is CCCC(=O)Nc1cccc(CN=C(NCc2ccccc2)N(C)C)c1. The molecule has 5 nitrogen and oxygen atoms in total. The molecule has 0 spiro atoms. The Morgan fingerprint density at radius 2 is 1.77 bits per heavy atom. The summed E-state index contributed by atoms with van der Waals surface area (Å²) < 4.78 is 0. The van der Waals surface area contributed by atoms with Gasteiger partial charge in [-0.2, -0.15) is 0 Å². The van der Waals surface area contributed by atoms with Crippen molar-refractivity contribution in [3.8, 4) is 0 Å². The van der Waals surface area contributed by atoms with E-state index in [0.717, 1.165) is 30.2 Å². The van der Waals surface area contributed by atoms with Crippen LogP contribution in [-0.4, -0.2) is 30.9 Å². The Kier molecular flexibility index (Phi) is 7.68. The molecule has 5 heteroatoms. The third-order valence-corrected chi connectivity index (χ3v) is 3.82. The maximum absolute atomic E-state index is 11.7. The van der Waals surface area contributed by atoms with E-state index in [4.69, 9.17) is 0 Å². The van der Waals surface area contributed by atoms with Gasteiger partial charge < -0.3 is 15.5 Å². The van der Waals surface area contributed by atoms with Crippen molar-refractivity contribution in [1.29, 1.82) is 0 Å². The fourth-order valence-electron chi connectivity index (χ4n) is 2.50. The van der Waals surface area contributed by atoms with Gasteiger partial charge >= 0.3 is 0 Å². The van der Waals surface area contributed by atoms with Gasteiger partial charge in [0.25, 0.3) is 0 Å². The Bertz CT molecular complexity index is 726. The van der Waals surface area contributed by atoms with Gasteiger partial charge in [-0.05, 0) is 29.7 Å². The molecule has 0 fully saturated rings. The number of carbonyl (C=O) groups excluding carboxylic acids is 1. The fraction of sp³-hybridized carbons (Fsp3) is 0.333. The van der Waals surface area contributed by atoms with E-state index in [1.165, 1.54) is 5.56 Å². The zero-order valence-corrected chi connectivity index (χ0v) is 15.8. The number of nitrogens with zero attached hydrogens (tertiary/aromatic N) is 2. The van der Waals surface area contributed by atoms with Crippen molar-refractivity contribution < 1.29 is 4.79 Å². The molecule has 0 radical (unpaired) electrons. The summed E-state index contributed by atoms with van der Waals surface area (Å²) in [4.78, 5) is 18.4. The average molecular weight is 352 g/mol. The zero-order valence-electron chi connectivity index (χ0n) is 15.8. The number of hydrogen-bond acceptors (Lipinski definition) is 2. The molecule has 0 heterocycles. The molecule has 0 aliphatic carbocycles. The van der Waals surface area contributed by atoms with Crippen molar-refractivity contribution in [3.63, 3.8) is 0 Å². The first-order valence-electron chi connectivity index (χ1n) is 8.97. The second kappa shape index (κ2) is 10.2. The van der Waals surface area contributed by atoms with E-state index in [0.29, 0.717) is 13.0 Å². The van der Waals surface area contributed by atoms with Gasteiger partial charge in [-0.15, -0.1) is 0 Å². The van der Waals surface area contributed by atoms with Gasteiger partial charge in [0.1, 0.15) is 0 Å². The highest BCUT2D eigenvalue weighted by atomic mass is 16.1. The van der Waals surface area contributed by atoms with Gasteiger partial charge in [0.15, 0.2) is 5.96 Å². The molecular weight excluding hydrogens is 324 g/mol. The molecular formula is C21H28N4O. The highest BCUT2D eigenvalue weighted by molar-refractivity contribution is 5.90. The van der Waals surface area contributed by atoms with E-state index in [-0.39, 0.29) is 5.91 Å². The summed E-state index contributed by atoms with van der Waals surface area (Å²) in [7, 11) is 3.94. The average Bonchev–Trinajstić information content (AvgIpc) is 2.62. The number of benzene rings is 2. The van der Waals surface area contributed by atoms with Gasteiger partial charge in [0.05, 0.1) is 6.54 Å². The summed E-state index contributed by atoms with van der Waals surface area (Å²) in [5.74, 6) is 0.876. The number of aliphatic imine (C=N–C) groups is 1. The Morgan fingerprint density at radius 3 is 2.46 bits per heavy atom.